The number of allylic oxidation sites excluding steroid dienone is 2. The predicted molar refractivity (Wildman–Crippen MR) is 197 cm³/mol. The number of benzene rings is 8. The summed E-state index contributed by atoms with van der Waals surface area (Å²) in [5, 5.41) is 13.9. The Bertz CT molecular complexity index is 2490. The van der Waals surface area contributed by atoms with Gasteiger partial charge in [0, 0.05) is 5.70 Å². The molecule has 0 radical (unpaired) electrons. The number of dihydropyridines is 1. The fraction of sp³-hybridized carbons (Fsp3) is 0.0222. The Labute approximate surface area is 268 Å². The van der Waals surface area contributed by atoms with E-state index in [4.69, 9.17) is 0 Å². The molecule has 1 heteroatoms. The molecule has 0 spiro atoms. The molecule has 1 aliphatic rings. The summed E-state index contributed by atoms with van der Waals surface area (Å²) in [6.45, 7) is 0. The largest absolute Gasteiger partial charge is 0.374 e. The molecule has 0 saturated carbocycles. The number of hydrogen-bond donors (Lipinski definition) is 1. The van der Waals surface area contributed by atoms with Crippen LogP contribution in [0.2, 0.25) is 0 Å². The topological polar surface area (TPSA) is 12.0 Å². The maximum Gasteiger partial charge on any atom is 0.0701 e. The van der Waals surface area contributed by atoms with Crippen molar-refractivity contribution in [3.63, 3.8) is 0 Å². The highest BCUT2D eigenvalue weighted by atomic mass is 14.9. The quantitative estimate of drug-likeness (QED) is 0.203. The van der Waals surface area contributed by atoms with Gasteiger partial charge in [0.15, 0.2) is 0 Å². The SMILES string of the molecule is C1=CC(c2ccc3c(-c4cccc5ccccc45)c4ccccc4c(-c4cccc5ccccc45)c3c2)NC(c2ccccc2)=C1. The van der Waals surface area contributed by atoms with Crippen LogP contribution in [0, 0.1) is 0 Å². The first-order chi connectivity index (χ1) is 22.8. The molecule has 0 amide bonds. The van der Waals surface area contributed by atoms with Crippen LogP contribution in [-0.4, -0.2) is 0 Å². The van der Waals surface area contributed by atoms with Gasteiger partial charge in [0.25, 0.3) is 0 Å². The normalized spacial score (nSPS) is 14.5. The molecule has 1 N–H and O–H groups in total. The molecule has 1 atom stereocenters. The van der Waals surface area contributed by atoms with E-state index in [9.17, 15) is 0 Å². The van der Waals surface area contributed by atoms with E-state index >= 15 is 0 Å². The third-order valence-corrected chi connectivity index (χ3v) is 9.49. The van der Waals surface area contributed by atoms with E-state index in [0.717, 1.165) is 5.70 Å². The van der Waals surface area contributed by atoms with Gasteiger partial charge in [-0.05, 0) is 88.6 Å². The maximum absolute atomic E-state index is 3.82. The van der Waals surface area contributed by atoms with Gasteiger partial charge in [0.2, 0.25) is 0 Å². The molecule has 0 saturated heterocycles. The highest BCUT2D eigenvalue weighted by Crippen LogP contribution is 2.47. The van der Waals surface area contributed by atoms with Crippen LogP contribution in [0.15, 0.2) is 176 Å². The molecular formula is C45H31N. The van der Waals surface area contributed by atoms with Gasteiger partial charge in [-0.1, -0.05) is 164 Å². The second-order valence-corrected chi connectivity index (χ2v) is 12.1. The molecule has 216 valence electrons. The fourth-order valence-corrected chi connectivity index (χ4v) is 7.37. The van der Waals surface area contributed by atoms with Crippen LogP contribution in [0.25, 0.3) is 71.0 Å². The smallest absolute Gasteiger partial charge is 0.0701 e. The van der Waals surface area contributed by atoms with E-state index in [1.165, 1.54) is 76.5 Å². The van der Waals surface area contributed by atoms with Gasteiger partial charge >= 0.3 is 0 Å². The molecule has 0 aromatic heterocycles. The van der Waals surface area contributed by atoms with Crippen LogP contribution in [-0.2, 0) is 0 Å². The predicted octanol–water partition coefficient (Wildman–Crippen LogP) is 11.9. The van der Waals surface area contributed by atoms with Crippen molar-refractivity contribution in [2.45, 2.75) is 6.04 Å². The van der Waals surface area contributed by atoms with Crippen LogP contribution in [0.1, 0.15) is 17.2 Å². The van der Waals surface area contributed by atoms with Crippen molar-refractivity contribution < 1.29 is 0 Å². The first-order valence-corrected chi connectivity index (χ1v) is 16.0. The van der Waals surface area contributed by atoms with Crippen LogP contribution in [0.3, 0.4) is 0 Å². The third-order valence-electron chi connectivity index (χ3n) is 9.49. The molecule has 8 aromatic rings. The molecule has 1 heterocycles. The third kappa shape index (κ3) is 4.32. The Morgan fingerprint density at radius 1 is 0.413 bits per heavy atom. The van der Waals surface area contributed by atoms with Gasteiger partial charge in [-0.25, -0.2) is 0 Å². The van der Waals surface area contributed by atoms with Crippen LogP contribution < -0.4 is 5.32 Å². The number of hydrogen-bond acceptors (Lipinski definition) is 1. The molecule has 46 heavy (non-hydrogen) atoms. The highest BCUT2D eigenvalue weighted by molar-refractivity contribution is 6.25. The van der Waals surface area contributed by atoms with Crippen molar-refractivity contribution in [1.82, 2.24) is 5.32 Å². The minimum atomic E-state index is 0.0532. The van der Waals surface area contributed by atoms with Gasteiger partial charge < -0.3 is 5.32 Å². The summed E-state index contributed by atoms with van der Waals surface area (Å²) in [6, 6.07) is 57.6. The standard InChI is InChI=1S/C45H31N/c1-2-15-32(16-3-1)42-25-12-26-43(46-42)33-27-28-40-41(29-33)45(37-24-11-18-31-14-5-7-20-35(31)37)39-22-9-8-21-38(39)44(40)36-23-10-17-30-13-4-6-19-34(30)36/h1-29,43,46H. The first-order valence-electron chi connectivity index (χ1n) is 16.0. The van der Waals surface area contributed by atoms with Gasteiger partial charge in [0.05, 0.1) is 6.04 Å². The van der Waals surface area contributed by atoms with E-state index in [2.05, 4.69) is 181 Å². The average Bonchev–Trinajstić information content (AvgIpc) is 3.14. The molecular weight excluding hydrogens is 555 g/mol. The first kappa shape index (κ1) is 26.5. The van der Waals surface area contributed by atoms with E-state index in [0.29, 0.717) is 0 Å². The van der Waals surface area contributed by atoms with Gasteiger partial charge in [0.1, 0.15) is 0 Å². The number of fused-ring (bicyclic) bond motifs is 4. The lowest BCUT2D eigenvalue weighted by molar-refractivity contribution is 0.765. The van der Waals surface area contributed by atoms with E-state index < -0.39 is 0 Å². The maximum atomic E-state index is 3.82. The Kier molecular flexibility index (Phi) is 6.28. The zero-order valence-electron chi connectivity index (χ0n) is 25.3. The van der Waals surface area contributed by atoms with E-state index in [1.807, 2.05) is 0 Å². The molecule has 1 unspecified atom stereocenters. The van der Waals surface area contributed by atoms with Gasteiger partial charge in [-0.3, -0.25) is 0 Å². The Balaban J connectivity index is 1.36. The Morgan fingerprint density at radius 2 is 0.935 bits per heavy atom. The zero-order chi connectivity index (χ0) is 30.5. The van der Waals surface area contributed by atoms with Crippen molar-refractivity contribution >= 4 is 48.8 Å². The summed E-state index contributed by atoms with van der Waals surface area (Å²) >= 11 is 0. The summed E-state index contributed by atoms with van der Waals surface area (Å²) < 4.78 is 0. The van der Waals surface area contributed by atoms with Gasteiger partial charge in [-0.2, -0.15) is 0 Å². The van der Waals surface area contributed by atoms with E-state index in [1.54, 1.807) is 0 Å². The Hall–Kier alpha value is -5.92. The van der Waals surface area contributed by atoms with Crippen molar-refractivity contribution in [1.29, 1.82) is 0 Å². The molecule has 0 bridgehead atoms. The molecule has 0 fully saturated rings. The minimum Gasteiger partial charge on any atom is -0.374 e. The van der Waals surface area contributed by atoms with Crippen LogP contribution in [0.5, 0.6) is 0 Å². The summed E-state index contributed by atoms with van der Waals surface area (Å²) in [6.07, 6.45) is 6.61. The average molecular weight is 586 g/mol. The summed E-state index contributed by atoms with van der Waals surface area (Å²) in [7, 11) is 0. The summed E-state index contributed by atoms with van der Waals surface area (Å²) in [5.74, 6) is 0. The van der Waals surface area contributed by atoms with E-state index in [-0.39, 0.29) is 6.04 Å². The lowest BCUT2D eigenvalue weighted by atomic mass is 9.82. The molecule has 9 rings (SSSR count). The molecule has 0 aliphatic carbocycles. The van der Waals surface area contributed by atoms with Crippen molar-refractivity contribution in [2.24, 2.45) is 0 Å². The van der Waals surface area contributed by atoms with Crippen LogP contribution in [0.4, 0.5) is 0 Å². The van der Waals surface area contributed by atoms with Gasteiger partial charge in [-0.15, -0.1) is 0 Å². The lowest BCUT2D eigenvalue weighted by Gasteiger charge is -2.24. The number of rotatable bonds is 4. The van der Waals surface area contributed by atoms with Crippen molar-refractivity contribution in [3.05, 3.63) is 187 Å². The molecule has 8 aromatic carbocycles. The summed E-state index contributed by atoms with van der Waals surface area (Å²) in [4.78, 5) is 0. The summed E-state index contributed by atoms with van der Waals surface area (Å²) in [5.41, 5.74) is 8.67. The fourth-order valence-electron chi connectivity index (χ4n) is 7.37. The number of nitrogens with one attached hydrogen (secondary N) is 1. The molecule has 1 nitrogen and oxygen atoms in total. The zero-order valence-corrected chi connectivity index (χ0v) is 25.3. The van der Waals surface area contributed by atoms with Crippen LogP contribution >= 0.6 is 0 Å². The monoisotopic (exact) mass is 585 g/mol. The highest BCUT2D eigenvalue weighted by Gasteiger charge is 2.21. The molecule has 1 aliphatic heterocycles. The van der Waals surface area contributed by atoms with Crippen molar-refractivity contribution in [3.8, 4) is 22.3 Å². The van der Waals surface area contributed by atoms with Crippen molar-refractivity contribution in [2.75, 3.05) is 0 Å². The Morgan fingerprint density at radius 3 is 1.59 bits per heavy atom. The lowest BCUT2D eigenvalue weighted by Crippen LogP contribution is -2.20. The second-order valence-electron chi connectivity index (χ2n) is 12.1. The second kappa shape index (κ2) is 10.9. The minimum absolute atomic E-state index is 0.0532.